The van der Waals surface area contributed by atoms with E-state index < -0.39 is 10.0 Å². The van der Waals surface area contributed by atoms with Crippen LogP contribution in [0.3, 0.4) is 0 Å². The first kappa shape index (κ1) is 27.0. The Morgan fingerprint density at radius 3 is 2.11 bits per heavy atom. The van der Waals surface area contributed by atoms with Crippen molar-refractivity contribution in [3.63, 3.8) is 0 Å². The molecule has 0 unspecified atom stereocenters. The highest BCUT2D eigenvalue weighted by molar-refractivity contribution is 7.89. The number of aryl methyl sites for hydroxylation is 3. The number of nitrogens with one attached hydrogen (secondary N) is 2. The molecule has 0 saturated heterocycles. The van der Waals surface area contributed by atoms with E-state index in [9.17, 15) is 13.2 Å². The minimum atomic E-state index is -3.70. The second-order valence-corrected chi connectivity index (χ2v) is 10.2. The van der Waals surface area contributed by atoms with Gasteiger partial charge in [-0.3, -0.25) is 4.79 Å². The Morgan fingerprint density at radius 2 is 1.50 bits per heavy atom. The maximum atomic E-state index is 12.7. The molecule has 3 aromatic rings. The lowest BCUT2D eigenvalue weighted by Crippen LogP contribution is -2.26. The van der Waals surface area contributed by atoms with Crippen molar-refractivity contribution < 1.29 is 27.4 Å². The fourth-order valence-corrected chi connectivity index (χ4v) is 4.90. The Bertz CT molecular complexity index is 1300. The average molecular weight is 513 g/mol. The van der Waals surface area contributed by atoms with Gasteiger partial charge in [-0.2, -0.15) is 0 Å². The van der Waals surface area contributed by atoms with Gasteiger partial charge in [0, 0.05) is 12.2 Å². The van der Waals surface area contributed by atoms with E-state index in [1.54, 1.807) is 20.3 Å². The zero-order valence-corrected chi connectivity index (χ0v) is 22.0. The standard InChI is InChI=1S/C27H32N2O6S/c1-18-14-19(2)27(20(3)15-18)29-26(30)17-35-22-7-9-23(10-8-22)36(31,32)28-13-12-21-6-11-24(33-4)25(16-21)34-5/h6-11,14-16,28H,12-13,17H2,1-5H3,(H,29,30). The fraction of sp³-hybridized carbons (Fsp3) is 0.296. The number of benzene rings is 3. The maximum absolute atomic E-state index is 12.7. The summed E-state index contributed by atoms with van der Waals surface area (Å²) in [5, 5.41) is 2.88. The second-order valence-electron chi connectivity index (χ2n) is 8.42. The van der Waals surface area contributed by atoms with Gasteiger partial charge in [-0.15, -0.1) is 0 Å². The number of carbonyl (C=O) groups is 1. The Morgan fingerprint density at radius 1 is 0.861 bits per heavy atom. The molecule has 0 aliphatic heterocycles. The quantitative estimate of drug-likeness (QED) is 0.400. The summed E-state index contributed by atoms with van der Waals surface area (Å²) in [6.07, 6.45) is 0.482. The van der Waals surface area contributed by atoms with Crippen LogP contribution in [0.4, 0.5) is 5.69 Å². The van der Waals surface area contributed by atoms with Crippen LogP contribution in [0.1, 0.15) is 22.3 Å². The van der Waals surface area contributed by atoms with E-state index >= 15 is 0 Å². The van der Waals surface area contributed by atoms with E-state index in [1.165, 1.54) is 24.3 Å². The lowest BCUT2D eigenvalue weighted by molar-refractivity contribution is -0.118. The van der Waals surface area contributed by atoms with E-state index in [2.05, 4.69) is 10.0 Å². The molecule has 3 rings (SSSR count). The van der Waals surface area contributed by atoms with E-state index in [0.29, 0.717) is 23.7 Å². The molecule has 0 fully saturated rings. The number of rotatable bonds is 11. The number of sulfonamides is 1. The van der Waals surface area contributed by atoms with Crippen molar-refractivity contribution >= 4 is 21.6 Å². The molecule has 2 N–H and O–H groups in total. The van der Waals surface area contributed by atoms with Gasteiger partial charge in [0.15, 0.2) is 18.1 Å². The lowest BCUT2D eigenvalue weighted by Gasteiger charge is -2.13. The molecule has 3 aromatic carbocycles. The van der Waals surface area contributed by atoms with Crippen molar-refractivity contribution in [1.29, 1.82) is 0 Å². The summed E-state index contributed by atoms with van der Waals surface area (Å²) in [6.45, 7) is 5.91. The van der Waals surface area contributed by atoms with E-state index in [0.717, 1.165) is 27.9 Å². The van der Waals surface area contributed by atoms with Crippen molar-refractivity contribution in [3.8, 4) is 17.2 Å². The summed E-state index contributed by atoms with van der Waals surface area (Å²) in [4.78, 5) is 12.5. The lowest BCUT2D eigenvalue weighted by atomic mass is 10.1. The van der Waals surface area contributed by atoms with Crippen LogP contribution < -0.4 is 24.2 Å². The van der Waals surface area contributed by atoms with Crippen LogP contribution in [0.2, 0.25) is 0 Å². The molecule has 36 heavy (non-hydrogen) atoms. The largest absolute Gasteiger partial charge is 0.493 e. The van der Waals surface area contributed by atoms with E-state index in [-0.39, 0.29) is 24.0 Å². The minimum Gasteiger partial charge on any atom is -0.493 e. The third-order valence-corrected chi connectivity index (χ3v) is 7.08. The number of amides is 1. The Kier molecular flexibility index (Phi) is 8.95. The van der Waals surface area contributed by atoms with E-state index in [4.69, 9.17) is 14.2 Å². The molecule has 1 amide bonds. The number of methoxy groups -OCH3 is 2. The number of ether oxygens (including phenoxy) is 3. The zero-order chi connectivity index (χ0) is 26.3. The van der Waals surface area contributed by atoms with Crippen LogP contribution in [-0.2, 0) is 21.2 Å². The molecule has 9 heteroatoms. The molecule has 0 radical (unpaired) electrons. The molecule has 0 aliphatic rings. The van der Waals surface area contributed by atoms with Gasteiger partial charge in [-0.1, -0.05) is 23.8 Å². The predicted octanol–water partition coefficient (Wildman–Crippen LogP) is 4.17. The zero-order valence-electron chi connectivity index (χ0n) is 21.2. The van der Waals surface area contributed by atoms with Gasteiger partial charge >= 0.3 is 0 Å². The summed E-state index contributed by atoms with van der Waals surface area (Å²) >= 11 is 0. The number of hydrogen-bond donors (Lipinski definition) is 2. The predicted molar refractivity (Wildman–Crippen MR) is 140 cm³/mol. The molecule has 0 bridgehead atoms. The molecule has 0 heterocycles. The van der Waals surface area contributed by atoms with Gasteiger partial charge in [-0.25, -0.2) is 13.1 Å². The Balaban J connectivity index is 1.52. The fourth-order valence-electron chi connectivity index (χ4n) is 3.87. The first-order valence-corrected chi connectivity index (χ1v) is 12.9. The smallest absolute Gasteiger partial charge is 0.262 e. The molecule has 0 atom stereocenters. The number of carbonyl (C=O) groups excluding carboxylic acids is 1. The van der Waals surface area contributed by atoms with Crippen LogP contribution in [0.15, 0.2) is 59.5 Å². The molecule has 192 valence electrons. The van der Waals surface area contributed by atoms with Gasteiger partial charge in [0.1, 0.15) is 5.75 Å². The highest BCUT2D eigenvalue weighted by Gasteiger charge is 2.15. The topological polar surface area (TPSA) is 103 Å². The summed E-state index contributed by atoms with van der Waals surface area (Å²) < 4.78 is 43.9. The molecule has 0 aliphatic carbocycles. The molecular weight excluding hydrogens is 480 g/mol. The Hall–Kier alpha value is -3.56. The van der Waals surface area contributed by atoms with Gasteiger partial charge in [0.25, 0.3) is 5.91 Å². The summed E-state index contributed by atoms with van der Waals surface area (Å²) in [5.41, 5.74) is 4.77. The molecule has 0 saturated carbocycles. The van der Waals surface area contributed by atoms with Crippen LogP contribution in [0, 0.1) is 20.8 Å². The van der Waals surface area contributed by atoms with Crippen LogP contribution in [0.25, 0.3) is 0 Å². The van der Waals surface area contributed by atoms with Crippen molar-refractivity contribution in [3.05, 3.63) is 76.9 Å². The van der Waals surface area contributed by atoms with Gasteiger partial charge in [-0.05, 0) is 80.3 Å². The number of anilines is 1. The summed E-state index contributed by atoms with van der Waals surface area (Å²) in [6, 6.07) is 15.4. The van der Waals surface area contributed by atoms with Gasteiger partial charge < -0.3 is 19.5 Å². The summed E-state index contributed by atoms with van der Waals surface area (Å²) in [7, 11) is -0.591. The minimum absolute atomic E-state index is 0.109. The van der Waals surface area contributed by atoms with E-state index in [1.807, 2.05) is 45.0 Å². The van der Waals surface area contributed by atoms with Crippen molar-refractivity contribution in [2.45, 2.75) is 32.1 Å². The average Bonchev–Trinajstić information content (AvgIpc) is 2.85. The van der Waals surface area contributed by atoms with Crippen molar-refractivity contribution in [2.75, 3.05) is 32.7 Å². The second kappa shape index (κ2) is 11.9. The molecule has 0 spiro atoms. The van der Waals surface area contributed by atoms with Crippen molar-refractivity contribution in [2.24, 2.45) is 0 Å². The first-order valence-electron chi connectivity index (χ1n) is 11.4. The monoisotopic (exact) mass is 512 g/mol. The highest BCUT2D eigenvalue weighted by Crippen LogP contribution is 2.27. The van der Waals surface area contributed by atoms with Crippen LogP contribution in [-0.4, -0.2) is 41.7 Å². The first-order chi connectivity index (χ1) is 17.1. The van der Waals surface area contributed by atoms with Gasteiger partial charge in [0.05, 0.1) is 19.1 Å². The third kappa shape index (κ3) is 6.99. The van der Waals surface area contributed by atoms with Crippen LogP contribution in [0.5, 0.6) is 17.2 Å². The third-order valence-electron chi connectivity index (χ3n) is 5.60. The highest BCUT2D eigenvalue weighted by atomic mass is 32.2. The molecular formula is C27H32N2O6S. The normalized spacial score (nSPS) is 11.1. The van der Waals surface area contributed by atoms with Gasteiger partial charge in [0.2, 0.25) is 10.0 Å². The Labute approximate surface area is 212 Å². The molecule has 0 aromatic heterocycles. The van der Waals surface area contributed by atoms with Crippen molar-refractivity contribution in [1.82, 2.24) is 4.72 Å². The SMILES string of the molecule is COc1ccc(CCNS(=O)(=O)c2ccc(OCC(=O)Nc3c(C)cc(C)cc3C)cc2)cc1OC. The maximum Gasteiger partial charge on any atom is 0.262 e. The van der Waals surface area contributed by atoms with Crippen LogP contribution >= 0.6 is 0 Å². The summed E-state index contributed by atoms with van der Waals surface area (Å²) in [5.74, 6) is 1.30. The molecule has 8 nitrogen and oxygen atoms in total. The number of hydrogen-bond acceptors (Lipinski definition) is 6.